The minimum Gasteiger partial charge on any atom is -0.323 e. The summed E-state index contributed by atoms with van der Waals surface area (Å²) < 4.78 is 12.5. The maximum absolute atomic E-state index is 13.0. The molecule has 7 heteroatoms. The number of rotatable bonds is 5. The van der Waals surface area contributed by atoms with Crippen molar-refractivity contribution in [2.75, 3.05) is 14.2 Å². The maximum atomic E-state index is 13.0. The van der Waals surface area contributed by atoms with Gasteiger partial charge in [-0.25, -0.2) is 5.06 Å². The van der Waals surface area contributed by atoms with Crippen molar-refractivity contribution in [1.29, 1.82) is 0 Å². The van der Waals surface area contributed by atoms with Crippen molar-refractivity contribution >= 4 is 13.5 Å². The van der Waals surface area contributed by atoms with Gasteiger partial charge in [-0.1, -0.05) is 60.7 Å². The summed E-state index contributed by atoms with van der Waals surface area (Å²) in [4.78, 5) is 38.2. The fourth-order valence-corrected chi connectivity index (χ4v) is 3.90. The third kappa shape index (κ3) is 2.94. The van der Waals surface area contributed by atoms with E-state index >= 15 is 0 Å². The summed E-state index contributed by atoms with van der Waals surface area (Å²) in [6.07, 6.45) is 0. The Morgan fingerprint density at radius 1 is 1.00 bits per heavy atom. The molecule has 0 bridgehead atoms. The molecular weight excluding hydrogens is 317 g/mol. The lowest BCUT2D eigenvalue weighted by atomic mass is 9.89. The second-order valence-corrected chi connectivity index (χ2v) is 6.73. The molecule has 2 N–H and O–H groups in total. The molecule has 0 unspecified atom stereocenters. The normalized spacial score (nSPS) is 12.0. The Morgan fingerprint density at radius 3 is 1.70 bits per heavy atom. The molecule has 6 nitrogen and oxygen atoms in total. The molecule has 0 spiro atoms. The molecule has 0 heterocycles. The Morgan fingerprint density at radius 2 is 1.39 bits per heavy atom. The molecule has 0 aliphatic heterocycles. The zero-order chi connectivity index (χ0) is 17.1. The molecule has 0 saturated heterocycles. The van der Waals surface area contributed by atoms with Gasteiger partial charge in [-0.15, -0.1) is 0 Å². The number of likely N-dealkylation sites (N-methyl/N-ethyl adjacent to an activating group) is 1. The monoisotopic (exact) mass is 335 g/mol. The average Bonchev–Trinajstić information content (AvgIpc) is 2.55. The van der Waals surface area contributed by atoms with Crippen LogP contribution in [0.3, 0.4) is 0 Å². The molecule has 122 valence electrons. The minimum atomic E-state index is -4.95. The van der Waals surface area contributed by atoms with Crippen molar-refractivity contribution in [1.82, 2.24) is 5.06 Å². The second-order valence-electron chi connectivity index (χ2n) is 4.97. The third-order valence-corrected chi connectivity index (χ3v) is 5.27. The summed E-state index contributed by atoms with van der Waals surface area (Å²) in [6, 6.07) is 16.0. The summed E-state index contributed by atoms with van der Waals surface area (Å²) in [6.45, 7) is 0. The van der Waals surface area contributed by atoms with Gasteiger partial charge in [0.2, 0.25) is 5.16 Å². The van der Waals surface area contributed by atoms with Crippen LogP contribution in [-0.4, -0.2) is 34.9 Å². The molecule has 2 rings (SSSR count). The fourth-order valence-electron chi connectivity index (χ4n) is 2.54. The molecule has 0 fully saturated rings. The number of carbonyl (C=O) groups excluding carboxylic acids is 1. The molecule has 0 aliphatic rings. The van der Waals surface area contributed by atoms with Crippen LogP contribution in [0.2, 0.25) is 0 Å². The molecule has 23 heavy (non-hydrogen) atoms. The number of benzene rings is 2. The highest BCUT2D eigenvalue weighted by molar-refractivity contribution is 7.54. The Labute approximate surface area is 134 Å². The molecule has 1 amide bonds. The quantitative estimate of drug-likeness (QED) is 0.646. The van der Waals surface area contributed by atoms with Crippen molar-refractivity contribution in [2.45, 2.75) is 5.16 Å². The van der Waals surface area contributed by atoms with Crippen LogP contribution in [0.15, 0.2) is 60.7 Å². The van der Waals surface area contributed by atoms with E-state index in [1.165, 1.54) is 38.4 Å². The Kier molecular flexibility index (Phi) is 5.02. The summed E-state index contributed by atoms with van der Waals surface area (Å²) in [7, 11) is -2.36. The molecule has 0 radical (unpaired) electrons. The first-order valence-electron chi connectivity index (χ1n) is 6.84. The highest BCUT2D eigenvalue weighted by atomic mass is 31.2. The van der Waals surface area contributed by atoms with Crippen LogP contribution < -0.4 is 0 Å². The molecule has 2 aromatic carbocycles. The van der Waals surface area contributed by atoms with Gasteiger partial charge in [0.25, 0.3) is 5.91 Å². The number of hydrogen-bond acceptors (Lipinski definition) is 3. The summed E-state index contributed by atoms with van der Waals surface area (Å²) in [5.74, 6) is -0.842. The molecule has 2 aromatic rings. The molecule has 0 atom stereocenters. The van der Waals surface area contributed by atoms with E-state index in [0.29, 0.717) is 0 Å². The van der Waals surface area contributed by atoms with E-state index in [-0.39, 0.29) is 11.1 Å². The number of hydrogen-bond donors (Lipinski definition) is 2. The van der Waals surface area contributed by atoms with E-state index in [0.717, 1.165) is 5.06 Å². The molecule has 0 aliphatic carbocycles. The van der Waals surface area contributed by atoms with Gasteiger partial charge in [0.05, 0.1) is 7.11 Å². The van der Waals surface area contributed by atoms with Crippen molar-refractivity contribution in [2.24, 2.45) is 0 Å². The van der Waals surface area contributed by atoms with E-state index in [4.69, 9.17) is 4.84 Å². The van der Waals surface area contributed by atoms with E-state index < -0.39 is 18.7 Å². The number of nitrogens with zero attached hydrogens (tertiary/aromatic N) is 1. The van der Waals surface area contributed by atoms with Crippen molar-refractivity contribution in [3.8, 4) is 0 Å². The van der Waals surface area contributed by atoms with E-state index in [2.05, 4.69) is 0 Å². The van der Waals surface area contributed by atoms with Gasteiger partial charge in [-0.05, 0) is 11.1 Å². The van der Waals surface area contributed by atoms with Crippen LogP contribution in [-0.2, 0) is 19.4 Å². The van der Waals surface area contributed by atoms with E-state index in [1.54, 1.807) is 36.4 Å². The summed E-state index contributed by atoms with van der Waals surface area (Å²) >= 11 is 0. The zero-order valence-electron chi connectivity index (χ0n) is 12.8. The van der Waals surface area contributed by atoms with Gasteiger partial charge >= 0.3 is 7.60 Å². The topological polar surface area (TPSA) is 87.1 Å². The van der Waals surface area contributed by atoms with Gasteiger partial charge < -0.3 is 9.79 Å². The van der Waals surface area contributed by atoms with Gasteiger partial charge in [0, 0.05) is 7.05 Å². The average molecular weight is 335 g/mol. The predicted molar refractivity (Wildman–Crippen MR) is 85.5 cm³/mol. The van der Waals surface area contributed by atoms with Gasteiger partial charge in [-0.2, -0.15) is 0 Å². The lowest BCUT2D eigenvalue weighted by Crippen LogP contribution is -2.45. The van der Waals surface area contributed by atoms with Crippen LogP contribution in [0, 0.1) is 0 Å². The largest absolute Gasteiger partial charge is 0.350 e. The SMILES string of the molecule is CON(C)C(=O)C(c1ccccc1)(c1ccccc1)P(=O)(O)O. The summed E-state index contributed by atoms with van der Waals surface area (Å²) in [5, 5.41) is -1.33. The standard InChI is InChI=1S/C16H18NO5P/c1-17(22-2)15(18)16(23(19,20)21,13-9-5-3-6-10-13)14-11-7-4-8-12-14/h3-12H,1-2H3,(H2,19,20,21). The smallest absolute Gasteiger partial charge is 0.323 e. The lowest BCUT2D eigenvalue weighted by Gasteiger charge is -2.36. The first-order chi connectivity index (χ1) is 10.9. The molecule has 0 aromatic heterocycles. The Balaban J connectivity index is 2.86. The molecule has 0 saturated carbocycles. The first-order valence-corrected chi connectivity index (χ1v) is 8.46. The maximum Gasteiger partial charge on any atom is 0.350 e. The Hall–Kier alpha value is -1.98. The van der Waals surface area contributed by atoms with Crippen molar-refractivity contribution in [3.05, 3.63) is 71.8 Å². The minimum absolute atomic E-state index is 0.202. The lowest BCUT2D eigenvalue weighted by molar-refractivity contribution is -0.171. The van der Waals surface area contributed by atoms with Crippen LogP contribution in [0.1, 0.15) is 11.1 Å². The second kappa shape index (κ2) is 6.64. The van der Waals surface area contributed by atoms with Crippen LogP contribution in [0.25, 0.3) is 0 Å². The van der Waals surface area contributed by atoms with Gasteiger partial charge in [-0.3, -0.25) is 14.2 Å². The van der Waals surface area contributed by atoms with E-state index in [1.807, 2.05) is 0 Å². The number of carbonyl (C=O) groups is 1. The zero-order valence-corrected chi connectivity index (χ0v) is 13.7. The van der Waals surface area contributed by atoms with Gasteiger partial charge in [0.1, 0.15) is 0 Å². The Bertz CT molecular complexity index is 674. The highest BCUT2D eigenvalue weighted by Gasteiger charge is 2.57. The first kappa shape index (κ1) is 17.4. The van der Waals surface area contributed by atoms with Crippen LogP contribution in [0.4, 0.5) is 0 Å². The fraction of sp³-hybridized carbons (Fsp3) is 0.188. The van der Waals surface area contributed by atoms with Crippen LogP contribution >= 0.6 is 7.60 Å². The van der Waals surface area contributed by atoms with Crippen LogP contribution in [0.5, 0.6) is 0 Å². The van der Waals surface area contributed by atoms with Crippen molar-refractivity contribution < 1.29 is 24.0 Å². The number of amides is 1. The molecular formula is C16H18NO5P. The predicted octanol–water partition coefficient (Wildman–Crippen LogP) is 2.13. The number of hydroxylamine groups is 2. The summed E-state index contributed by atoms with van der Waals surface area (Å²) in [5.41, 5.74) is 0.405. The van der Waals surface area contributed by atoms with Crippen molar-refractivity contribution in [3.63, 3.8) is 0 Å². The highest BCUT2D eigenvalue weighted by Crippen LogP contribution is 2.61. The van der Waals surface area contributed by atoms with Gasteiger partial charge in [0.15, 0.2) is 0 Å². The third-order valence-electron chi connectivity index (χ3n) is 3.69. The van der Waals surface area contributed by atoms with E-state index in [9.17, 15) is 19.1 Å².